The zero-order valence-electron chi connectivity index (χ0n) is 9.86. The van der Waals surface area contributed by atoms with E-state index in [1.165, 1.54) is 11.8 Å². The minimum absolute atomic E-state index is 0.0350. The summed E-state index contributed by atoms with van der Waals surface area (Å²) >= 11 is 13.3. The monoisotopic (exact) mass is 293 g/mol. The molecule has 0 spiro atoms. The number of hydrogen-bond acceptors (Lipinski definition) is 3. The molecule has 96 valence electrons. The normalized spacial score (nSPS) is 15.0. The highest BCUT2D eigenvalue weighted by Crippen LogP contribution is 2.31. The molecule has 0 heterocycles. The van der Waals surface area contributed by atoms with Gasteiger partial charge in [-0.05, 0) is 24.1 Å². The van der Waals surface area contributed by atoms with Crippen molar-refractivity contribution >= 4 is 35.0 Å². The van der Waals surface area contributed by atoms with Crippen LogP contribution in [0.25, 0.3) is 0 Å². The lowest BCUT2D eigenvalue weighted by molar-refractivity contribution is 0.269. The van der Waals surface area contributed by atoms with Gasteiger partial charge in [0.15, 0.2) is 0 Å². The van der Waals surface area contributed by atoms with Crippen LogP contribution in [-0.2, 0) is 0 Å². The number of halogens is 2. The quantitative estimate of drug-likeness (QED) is 0.818. The van der Waals surface area contributed by atoms with Crippen molar-refractivity contribution in [3.63, 3.8) is 0 Å². The van der Waals surface area contributed by atoms with Crippen LogP contribution in [0, 0.1) is 5.92 Å². The Morgan fingerprint density at radius 1 is 1.29 bits per heavy atom. The molecular formula is C12H17Cl2NOS. The van der Waals surface area contributed by atoms with E-state index >= 15 is 0 Å². The van der Waals surface area contributed by atoms with E-state index in [-0.39, 0.29) is 17.9 Å². The fourth-order valence-electron chi connectivity index (χ4n) is 1.39. The van der Waals surface area contributed by atoms with E-state index in [9.17, 15) is 5.11 Å². The molecule has 0 saturated carbocycles. The topological polar surface area (TPSA) is 46.2 Å². The molecule has 1 rings (SSSR count). The molecule has 17 heavy (non-hydrogen) atoms. The van der Waals surface area contributed by atoms with E-state index in [2.05, 4.69) is 0 Å². The summed E-state index contributed by atoms with van der Waals surface area (Å²) in [7, 11) is 0. The van der Waals surface area contributed by atoms with Gasteiger partial charge in [0, 0.05) is 16.2 Å². The van der Waals surface area contributed by atoms with Gasteiger partial charge in [0.25, 0.3) is 0 Å². The first-order valence-electron chi connectivity index (χ1n) is 5.44. The molecule has 2 atom stereocenters. The lowest BCUT2D eigenvalue weighted by Crippen LogP contribution is -2.39. The Morgan fingerprint density at radius 3 is 2.41 bits per heavy atom. The summed E-state index contributed by atoms with van der Waals surface area (Å²) in [6.07, 6.45) is 0. The minimum atomic E-state index is -0.0561. The van der Waals surface area contributed by atoms with Crippen LogP contribution in [0.5, 0.6) is 0 Å². The summed E-state index contributed by atoms with van der Waals surface area (Å²) in [4.78, 5) is 0.967. The van der Waals surface area contributed by atoms with E-state index in [0.717, 1.165) is 4.90 Å². The van der Waals surface area contributed by atoms with Crippen molar-refractivity contribution in [3.8, 4) is 0 Å². The number of hydrogen-bond donors (Lipinski definition) is 2. The Bertz CT molecular complexity index is 374. The fourth-order valence-corrected chi connectivity index (χ4v) is 2.98. The number of nitrogens with two attached hydrogens (primary N) is 1. The average Bonchev–Trinajstić information content (AvgIpc) is 2.29. The Morgan fingerprint density at radius 2 is 1.94 bits per heavy atom. The van der Waals surface area contributed by atoms with Crippen LogP contribution in [0.2, 0.25) is 10.0 Å². The van der Waals surface area contributed by atoms with Crippen LogP contribution >= 0.6 is 35.0 Å². The Kier molecular flexibility index (Phi) is 6.10. The zero-order chi connectivity index (χ0) is 13.0. The first kappa shape index (κ1) is 15.1. The maximum atomic E-state index is 9.37. The van der Waals surface area contributed by atoms with Crippen LogP contribution in [0.1, 0.15) is 13.8 Å². The number of rotatable bonds is 5. The van der Waals surface area contributed by atoms with Gasteiger partial charge in [-0.25, -0.2) is 0 Å². The van der Waals surface area contributed by atoms with Crippen molar-refractivity contribution in [1.82, 2.24) is 0 Å². The first-order chi connectivity index (χ1) is 7.95. The summed E-state index contributed by atoms with van der Waals surface area (Å²) in [6, 6.07) is 5.37. The second-order valence-electron chi connectivity index (χ2n) is 4.24. The van der Waals surface area contributed by atoms with Crippen molar-refractivity contribution < 1.29 is 5.11 Å². The smallest absolute Gasteiger partial charge is 0.0603 e. The van der Waals surface area contributed by atoms with Crippen molar-refractivity contribution in [2.75, 3.05) is 6.61 Å². The number of aliphatic hydroxyl groups excluding tert-OH is 1. The molecule has 0 aromatic heterocycles. The van der Waals surface area contributed by atoms with Crippen molar-refractivity contribution in [3.05, 3.63) is 28.2 Å². The van der Waals surface area contributed by atoms with E-state index < -0.39 is 0 Å². The molecule has 2 unspecified atom stereocenters. The Balaban J connectivity index is 2.77. The highest BCUT2D eigenvalue weighted by atomic mass is 35.5. The van der Waals surface area contributed by atoms with E-state index in [1.807, 2.05) is 19.9 Å². The van der Waals surface area contributed by atoms with E-state index in [1.54, 1.807) is 12.1 Å². The summed E-state index contributed by atoms with van der Waals surface area (Å²) in [5.74, 6) is 0.322. The average molecular weight is 294 g/mol. The van der Waals surface area contributed by atoms with Crippen LogP contribution in [-0.4, -0.2) is 23.0 Å². The maximum Gasteiger partial charge on any atom is 0.0603 e. The molecule has 0 saturated heterocycles. The van der Waals surface area contributed by atoms with Gasteiger partial charge in [0.05, 0.1) is 16.7 Å². The SMILES string of the molecule is CC(C)C(N)C(CO)Sc1ccc(Cl)c(Cl)c1. The lowest BCUT2D eigenvalue weighted by Gasteiger charge is -2.24. The molecule has 3 N–H and O–H groups in total. The van der Waals surface area contributed by atoms with Gasteiger partial charge in [0.2, 0.25) is 0 Å². The molecule has 0 aliphatic rings. The molecule has 0 aliphatic heterocycles. The standard InChI is InChI=1S/C12H17Cl2NOS/c1-7(2)12(15)11(6-16)17-8-3-4-9(13)10(14)5-8/h3-5,7,11-12,16H,6,15H2,1-2H3. The van der Waals surface area contributed by atoms with Crippen LogP contribution in [0.15, 0.2) is 23.1 Å². The highest BCUT2D eigenvalue weighted by molar-refractivity contribution is 8.00. The minimum Gasteiger partial charge on any atom is -0.395 e. The molecule has 1 aromatic rings. The number of thioether (sulfide) groups is 1. The van der Waals surface area contributed by atoms with Crippen LogP contribution < -0.4 is 5.73 Å². The molecule has 0 amide bonds. The maximum absolute atomic E-state index is 9.37. The molecule has 0 aliphatic carbocycles. The third kappa shape index (κ3) is 4.34. The zero-order valence-corrected chi connectivity index (χ0v) is 12.2. The third-order valence-electron chi connectivity index (χ3n) is 2.56. The van der Waals surface area contributed by atoms with E-state index in [0.29, 0.717) is 16.0 Å². The van der Waals surface area contributed by atoms with Crippen molar-refractivity contribution in [2.24, 2.45) is 11.7 Å². The van der Waals surface area contributed by atoms with Gasteiger partial charge < -0.3 is 10.8 Å². The molecule has 0 fully saturated rings. The highest BCUT2D eigenvalue weighted by Gasteiger charge is 2.21. The molecule has 0 radical (unpaired) electrons. The molecule has 5 heteroatoms. The van der Waals surface area contributed by atoms with Crippen LogP contribution in [0.4, 0.5) is 0 Å². The first-order valence-corrected chi connectivity index (χ1v) is 7.07. The van der Waals surface area contributed by atoms with Gasteiger partial charge >= 0.3 is 0 Å². The number of aliphatic hydroxyl groups is 1. The summed E-state index contributed by atoms with van der Waals surface area (Å²) < 4.78 is 0. The van der Waals surface area contributed by atoms with Gasteiger partial charge in [-0.3, -0.25) is 0 Å². The van der Waals surface area contributed by atoms with Gasteiger partial charge in [-0.15, -0.1) is 11.8 Å². The van der Waals surface area contributed by atoms with E-state index in [4.69, 9.17) is 28.9 Å². The predicted molar refractivity (Wildman–Crippen MR) is 76.0 cm³/mol. The molecular weight excluding hydrogens is 277 g/mol. The number of benzene rings is 1. The fraction of sp³-hybridized carbons (Fsp3) is 0.500. The van der Waals surface area contributed by atoms with Gasteiger partial charge in [-0.1, -0.05) is 37.0 Å². The van der Waals surface area contributed by atoms with Gasteiger partial charge in [-0.2, -0.15) is 0 Å². The van der Waals surface area contributed by atoms with Gasteiger partial charge in [0.1, 0.15) is 0 Å². The molecule has 2 nitrogen and oxygen atoms in total. The second kappa shape index (κ2) is 6.86. The predicted octanol–water partition coefficient (Wildman–Crippen LogP) is 3.43. The van der Waals surface area contributed by atoms with Crippen molar-refractivity contribution in [1.29, 1.82) is 0 Å². The lowest BCUT2D eigenvalue weighted by atomic mass is 10.0. The van der Waals surface area contributed by atoms with Crippen LogP contribution in [0.3, 0.4) is 0 Å². The molecule has 1 aromatic carbocycles. The summed E-state index contributed by atoms with van der Waals surface area (Å²) in [5.41, 5.74) is 6.05. The largest absolute Gasteiger partial charge is 0.395 e. The Labute approximate surface area is 116 Å². The third-order valence-corrected chi connectivity index (χ3v) is 4.59. The molecule has 0 bridgehead atoms. The summed E-state index contributed by atoms with van der Waals surface area (Å²) in [6.45, 7) is 4.13. The van der Waals surface area contributed by atoms with Crippen molar-refractivity contribution in [2.45, 2.75) is 30.0 Å². The Hall–Kier alpha value is 0.0700. The summed E-state index contributed by atoms with van der Waals surface area (Å²) in [5, 5.41) is 10.4. The second-order valence-corrected chi connectivity index (χ2v) is 6.36.